The number of carbonyl (C=O) groups excluding carboxylic acids is 3. The van der Waals surface area contributed by atoms with Crippen molar-refractivity contribution in [2.24, 2.45) is 0 Å². The Labute approximate surface area is 169 Å². The van der Waals surface area contributed by atoms with Crippen LogP contribution in [-0.2, 0) is 33.7 Å². The first-order chi connectivity index (χ1) is 13.8. The van der Waals surface area contributed by atoms with Crippen LogP contribution >= 0.6 is 0 Å². The minimum atomic E-state index is -0.496. The Hall–Kier alpha value is -2.96. The van der Waals surface area contributed by atoms with E-state index in [1.165, 1.54) is 24.1 Å². The molecule has 1 aromatic carbocycles. The van der Waals surface area contributed by atoms with E-state index in [9.17, 15) is 18.8 Å². The highest BCUT2D eigenvalue weighted by Gasteiger charge is 2.29. The van der Waals surface area contributed by atoms with Gasteiger partial charge in [-0.3, -0.25) is 14.4 Å². The predicted molar refractivity (Wildman–Crippen MR) is 105 cm³/mol. The van der Waals surface area contributed by atoms with E-state index in [-0.39, 0.29) is 30.5 Å². The van der Waals surface area contributed by atoms with Crippen LogP contribution in [0.3, 0.4) is 0 Å². The monoisotopic (exact) mass is 400 g/mol. The van der Waals surface area contributed by atoms with Crippen molar-refractivity contribution in [3.8, 4) is 0 Å². The summed E-state index contributed by atoms with van der Waals surface area (Å²) in [6.07, 6.45) is 2.04. The van der Waals surface area contributed by atoms with E-state index < -0.39 is 5.97 Å². The van der Waals surface area contributed by atoms with E-state index >= 15 is 0 Å². The van der Waals surface area contributed by atoms with Crippen LogP contribution in [0.4, 0.5) is 4.39 Å². The zero-order valence-corrected chi connectivity index (χ0v) is 17.0. The molecule has 1 aromatic heterocycles. The van der Waals surface area contributed by atoms with Crippen LogP contribution in [0.1, 0.15) is 45.7 Å². The predicted octanol–water partition coefficient (Wildman–Crippen LogP) is 2.68. The molecule has 2 aromatic rings. The molecule has 0 atom stereocenters. The van der Waals surface area contributed by atoms with Crippen molar-refractivity contribution in [1.82, 2.24) is 9.47 Å². The van der Waals surface area contributed by atoms with Gasteiger partial charge in [-0.25, -0.2) is 4.39 Å². The zero-order chi connectivity index (χ0) is 21.1. The van der Waals surface area contributed by atoms with Crippen LogP contribution in [0.15, 0.2) is 24.3 Å². The molecule has 7 heteroatoms. The number of esters is 1. The Morgan fingerprint density at radius 1 is 1.21 bits per heavy atom. The third-order valence-corrected chi connectivity index (χ3v) is 5.46. The molecule has 3 rings (SSSR count). The van der Waals surface area contributed by atoms with Crippen LogP contribution in [0.25, 0.3) is 0 Å². The fourth-order valence-electron chi connectivity index (χ4n) is 3.82. The van der Waals surface area contributed by atoms with E-state index in [4.69, 9.17) is 0 Å². The van der Waals surface area contributed by atoms with Gasteiger partial charge in [0.1, 0.15) is 12.4 Å². The Morgan fingerprint density at radius 3 is 2.55 bits per heavy atom. The third kappa shape index (κ3) is 4.39. The van der Waals surface area contributed by atoms with E-state index in [0.29, 0.717) is 24.1 Å². The molecular formula is C22H25FN2O4. The maximum absolute atomic E-state index is 13.2. The molecule has 6 nitrogen and oxygen atoms in total. The first-order valence-electron chi connectivity index (χ1n) is 9.61. The van der Waals surface area contributed by atoms with Gasteiger partial charge in [-0.1, -0.05) is 12.1 Å². The number of aromatic nitrogens is 1. The van der Waals surface area contributed by atoms with E-state index in [0.717, 1.165) is 29.8 Å². The summed E-state index contributed by atoms with van der Waals surface area (Å²) in [5, 5.41) is 0. The molecule has 0 fully saturated rings. The number of hydrogen-bond donors (Lipinski definition) is 0. The summed E-state index contributed by atoms with van der Waals surface area (Å²) in [7, 11) is 2.81. The van der Waals surface area contributed by atoms with Gasteiger partial charge in [0.05, 0.1) is 13.5 Å². The standard InChI is InChI=1S/C22H25FN2O4/c1-14-17(11-20(27)24(2)13-21(28)29-3)22-18(5-4-6-19(22)26)25(14)12-15-7-9-16(23)10-8-15/h7-10H,4-6,11-13H2,1-3H3. The summed E-state index contributed by atoms with van der Waals surface area (Å²) in [4.78, 5) is 38.1. The zero-order valence-electron chi connectivity index (χ0n) is 17.0. The average molecular weight is 400 g/mol. The number of hydrogen-bond acceptors (Lipinski definition) is 4. The number of fused-ring (bicyclic) bond motifs is 1. The van der Waals surface area contributed by atoms with Crippen molar-refractivity contribution in [2.45, 2.75) is 39.2 Å². The molecule has 0 unspecified atom stereocenters. The molecule has 154 valence electrons. The van der Waals surface area contributed by atoms with Crippen molar-refractivity contribution >= 4 is 17.7 Å². The lowest BCUT2D eigenvalue weighted by atomic mass is 9.92. The van der Waals surface area contributed by atoms with Crippen molar-refractivity contribution < 1.29 is 23.5 Å². The van der Waals surface area contributed by atoms with Crippen LogP contribution < -0.4 is 0 Å². The van der Waals surface area contributed by atoms with Crippen molar-refractivity contribution in [1.29, 1.82) is 0 Å². The number of amides is 1. The number of nitrogens with zero attached hydrogens (tertiary/aromatic N) is 2. The van der Waals surface area contributed by atoms with Gasteiger partial charge in [-0.15, -0.1) is 0 Å². The molecule has 1 aliphatic carbocycles. The van der Waals surface area contributed by atoms with Gasteiger partial charge in [-0.2, -0.15) is 0 Å². The third-order valence-electron chi connectivity index (χ3n) is 5.46. The minimum absolute atomic E-state index is 0.0455. The molecule has 1 aliphatic rings. The number of ether oxygens (including phenoxy) is 1. The topological polar surface area (TPSA) is 68.6 Å². The second-order valence-corrected chi connectivity index (χ2v) is 7.38. The largest absolute Gasteiger partial charge is 0.468 e. The normalized spacial score (nSPS) is 13.2. The number of likely N-dealkylation sites (N-methyl/N-ethyl adjacent to an activating group) is 1. The molecule has 0 spiro atoms. The molecule has 0 aliphatic heterocycles. The molecule has 0 N–H and O–H groups in total. The van der Waals surface area contributed by atoms with Gasteiger partial charge in [0.25, 0.3) is 0 Å². The van der Waals surface area contributed by atoms with Gasteiger partial charge in [-0.05, 0) is 43.0 Å². The number of methoxy groups -OCH3 is 1. The molecule has 0 radical (unpaired) electrons. The van der Waals surface area contributed by atoms with Gasteiger partial charge >= 0.3 is 5.97 Å². The number of Topliss-reactive ketones (excluding diaryl/α,β-unsaturated/α-hetero) is 1. The lowest BCUT2D eigenvalue weighted by Gasteiger charge is -2.17. The first kappa shape index (κ1) is 20.8. The smallest absolute Gasteiger partial charge is 0.325 e. The first-order valence-corrected chi connectivity index (χ1v) is 9.61. The van der Waals surface area contributed by atoms with Crippen LogP contribution in [0.2, 0.25) is 0 Å². The van der Waals surface area contributed by atoms with Gasteiger partial charge in [0.2, 0.25) is 5.91 Å². The van der Waals surface area contributed by atoms with Crippen LogP contribution in [-0.4, -0.2) is 47.8 Å². The minimum Gasteiger partial charge on any atom is -0.468 e. The molecular weight excluding hydrogens is 375 g/mol. The van der Waals surface area contributed by atoms with E-state index in [1.807, 2.05) is 6.92 Å². The lowest BCUT2D eigenvalue weighted by molar-refractivity contribution is -0.145. The summed E-state index contributed by atoms with van der Waals surface area (Å²) in [5.74, 6) is -0.996. The molecule has 1 amide bonds. The number of benzene rings is 1. The number of rotatable bonds is 6. The van der Waals surface area contributed by atoms with E-state index in [1.54, 1.807) is 19.2 Å². The fraction of sp³-hybridized carbons (Fsp3) is 0.409. The SMILES string of the molecule is COC(=O)CN(C)C(=O)Cc1c2c(n(Cc3ccc(F)cc3)c1C)CCCC2=O. The molecule has 0 saturated heterocycles. The highest BCUT2D eigenvalue weighted by Crippen LogP contribution is 2.31. The van der Waals surface area contributed by atoms with Crippen molar-refractivity contribution in [2.75, 3.05) is 20.7 Å². The number of ketones is 1. The quantitative estimate of drug-likeness (QED) is 0.699. The van der Waals surface area contributed by atoms with Gasteiger partial charge in [0, 0.05) is 37.0 Å². The Balaban J connectivity index is 1.93. The van der Waals surface area contributed by atoms with E-state index in [2.05, 4.69) is 9.30 Å². The Kier molecular flexibility index (Phi) is 6.15. The van der Waals surface area contributed by atoms with Crippen molar-refractivity contribution in [3.05, 3.63) is 58.2 Å². The van der Waals surface area contributed by atoms with Crippen molar-refractivity contribution in [3.63, 3.8) is 0 Å². The maximum atomic E-state index is 13.2. The highest BCUT2D eigenvalue weighted by molar-refractivity contribution is 6.01. The fourth-order valence-corrected chi connectivity index (χ4v) is 3.82. The summed E-state index contributed by atoms with van der Waals surface area (Å²) >= 11 is 0. The van der Waals surface area contributed by atoms with Gasteiger partial charge in [0.15, 0.2) is 5.78 Å². The summed E-state index contributed by atoms with van der Waals surface area (Å²) in [6, 6.07) is 6.28. The van der Waals surface area contributed by atoms with Gasteiger partial charge < -0.3 is 14.2 Å². The Bertz CT molecular complexity index is 947. The van der Waals surface area contributed by atoms with Crippen LogP contribution in [0.5, 0.6) is 0 Å². The summed E-state index contributed by atoms with van der Waals surface area (Å²) < 4.78 is 19.9. The second kappa shape index (κ2) is 8.59. The molecule has 0 saturated carbocycles. The number of carbonyl (C=O) groups is 3. The Morgan fingerprint density at radius 2 is 1.90 bits per heavy atom. The lowest BCUT2D eigenvalue weighted by Crippen LogP contribution is -2.34. The molecule has 1 heterocycles. The average Bonchev–Trinajstić information content (AvgIpc) is 2.96. The highest BCUT2D eigenvalue weighted by atomic mass is 19.1. The second-order valence-electron chi connectivity index (χ2n) is 7.38. The number of halogens is 1. The molecule has 29 heavy (non-hydrogen) atoms. The summed E-state index contributed by atoms with van der Waals surface area (Å²) in [5.41, 5.74) is 4.06. The summed E-state index contributed by atoms with van der Waals surface area (Å²) in [6.45, 7) is 2.27. The maximum Gasteiger partial charge on any atom is 0.325 e. The molecule has 0 bridgehead atoms. The van der Waals surface area contributed by atoms with Crippen LogP contribution in [0, 0.1) is 12.7 Å².